The van der Waals surface area contributed by atoms with E-state index in [-0.39, 0.29) is 24.8 Å². The minimum atomic E-state index is -4.60. The predicted molar refractivity (Wildman–Crippen MR) is 105 cm³/mol. The zero-order chi connectivity index (χ0) is 22.3. The molecule has 3 aromatic rings. The molecular weight excluding hydrogens is 427 g/mol. The van der Waals surface area contributed by atoms with Gasteiger partial charge in [0, 0.05) is 18.7 Å². The number of halogens is 3. The van der Waals surface area contributed by atoms with E-state index in [9.17, 15) is 18.0 Å². The van der Waals surface area contributed by atoms with Gasteiger partial charge in [-0.1, -0.05) is 12.1 Å². The van der Waals surface area contributed by atoms with Gasteiger partial charge in [-0.05, 0) is 43.2 Å². The van der Waals surface area contributed by atoms with Gasteiger partial charge in [0.2, 0.25) is 18.6 Å². The number of fused-ring (bicyclic) bond motifs is 1. The number of alkyl halides is 3. The van der Waals surface area contributed by atoms with Crippen molar-refractivity contribution >= 4 is 5.91 Å². The molecule has 1 amide bonds. The zero-order valence-electron chi connectivity index (χ0n) is 16.8. The normalized spacial score (nSPS) is 18.1. The van der Waals surface area contributed by atoms with E-state index in [1.807, 2.05) is 0 Å². The van der Waals surface area contributed by atoms with Crippen molar-refractivity contribution in [3.63, 3.8) is 0 Å². The molecule has 1 saturated heterocycles. The van der Waals surface area contributed by atoms with Crippen molar-refractivity contribution in [2.45, 2.75) is 24.9 Å². The number of piperidine rings is 1. The van der Waals surface area contributed by atoms with Crippen molar-refractivity contribution in [1.29, 1.82) is 0 Å². The van der Waals surface area contributed by atoms with Gasteiger partial charge in [-0.15, -0.1) is 10.2 Å². The molecule has 0 radical (unpaired) electrons. The van der Waals surface area contributed by atoms with E-state index in [1.165, 1.54) is 23.1 Å². The first-order chi connectivity index (χ1) is 15.4. The third-order valence-electron chi connectivity index (χ3n) is 5.58. The van der Waals surface area contributed by atoms with Crippen molar-refractivity contribution in [2.24, 2.45) is 0 Å². The highest BCUT2D eigenvalue weighted by atomic mass is 19.4. The summed E-state index contributed by atoms with van der Waals surface area (Å²) < 4.78 is 56.5. The number of nitrogens with zero attached hydrogens (tertiary/aromatic N) is 3. The summed E-state index contributed by atoms with van der Waals surface area (Å²) in [6, 6.07) is 10.1. The summed E-state index contributed by atoms with van der Waals surface area (Å²) in [5.41, 5.74) is -0.627. The predicted octanol–water partition coefficient (Wildman–Crippen LogP) is 4.50. The van der Waals surface area contributed by atoms with Crippen LogP contribution in [0.25, 0.3) is 11.5 Å². The monoisotopic (exact) mass is 445 g/mol. The minimum absolute atomic E-state index is 0.150. The maximum absolute atomic E-state index is 13.3. The lowest BCUT2D eigenvalue weighted by molar-refractivity contribution is -0.138. The van der Waals surface area contributed by atoms with Crippen LogP contribution in [0.1, 0.15) is 40.6 Å². The molecule has 0 spiro atoms. The van der Waals surface area contributed by atoms with Crippen molar-refractivity contribution in [3.8, 4) is 23.0 Å². The number of hydrogen-bond donors (Lipinski definition) is 0. The number of amides is 1. The molecule has 166 valence electrons. The molecule has 3 heterocycles. The van der Waals surface area contributed by atoms with Crippen molar-refractivity contribution in [2.75, 3.05) is 19.9 Å². The Morgan fingerprint density at radius 1 is 1.06 bits per heavy atom. The third kappa shape index (κ3) is 3.76. The van der Waals surface area contributed by atoms with Gasteiger partial charge in [0.05, 0.1) is 17.0 Å². The average Bonchev–Trinajstić information content (AvgIpc) is 3.47. The summed E-state index contributed by atoms with van der Waals surface area (Å²) in [6.45, 7) is 0.718. The van der Waals surface area contributed by atoms with Gasteiger partial charge < -0.3 is 18.8 Å². The average molecular weight is 445 g/mol. The second kappa shape index (κ2) is 7.85. The summed E-state index contributed by atoms with van der Waals surface area (Å²) in [7, 11) is 0. The molecule has 10 heteroatoms. The molecule has 32 heavy (non-hydrogen) atoms. The van der Waals surface area contributed by atoms with Crippen LogP contribution in [0, 0.1) is 0 Å². The van der Waals surface area contributed by atoms with Crippen molar-refractivity contribution in [3.05, 3.63) is 59.5 Å². The van der Waals surface area contributed by atoms with Crippen LogP contribution in [-0.4, -0.2) is 40.9 Å². The van der Waals surface area contributed by atoms with Crippen LogP contribution >= 0.6 is 0 Å². The Morgan fingerprint density at radius 3 is 2.72 bits per heavy atom. The quantitative estimate of drug-likeness (QED) is 0.591. The lowest BCUT2D eigenvalue weighted by Gasteiger charge is -2.31. The molecule has 2 aliphatic heterocycles. The molecule has 0 N–H and O–H groups in total. The summed E-state index contributed by atoms with van der Waals surface area (Å²) >= 11 is 0. The Labute approximate surface area is 180 Å². The molecule has 0 bridgehead atoms. The molecular formula is C22H18F3N3O4. The number of rotatable bonds is 3. The minimum Gasteiger partial charge on any atom is -0.454 e. The fourth-order valence-electron chi connectivity index (χ4n) is 4.00. The number of ether oxygens (including phenoxy) is 2. The van der Waals surface area contributed by atoms with E-state index in [1.54, 1.807) is 18.2 Å². The fraction of sp³-hybridized carbons (Fsp3) is 0.318. The zero-order valence-corrected chi connectivity index (χ0v) is 16.8. The lowest BCUT2D eigenvalue weighted by atomic mass is 9.96. The van der Waals surface area contributed by atoms with E-state index in [0.717, 1.165) is 6.07 Å². The molecule has 1 atom stereocenters. The summed E-state index contributed by atoms with van der Waals surface area (Å²) in [5.74, 6) is 0.941. The molecule has 1 aromatic heterocycles. The van der Waals surface area contributed by atoms with E-state index < -0.39 is 17.6 Å². The Kier molecular flexibility index (Phi) is 4.99. The standard InChI is InChI=1S/C22H18F3N3O4/c23-22(24,25)16-6-2-1-5-15(16)21(29)28-9-3-4-14(11-28)20-27-26-19(32-20)13-7-8-17-18(10-13)31-12-30-17/h1-2,5-8,10,14H,3-4,9,11-12H2. The largest absolute Gasteiger partial charge is 0.454 e. The second-order valence-corrected chi connectivity index (χ2v) is 7.65. The number of benzene rings is 2. The van der Waals surface area contributed by atoms with Gasteiger partial charge in [0.1, 0.15) is 0 Å². The van der Waals surface area contributed by atoms with Crippen LogP contribution in [0.2, 0.25) is 0 Å². The van der Waals surface area contributed by atoms with Gasteiger partial charge in [0.25, 0.3) is 5.91 Å². The number of carbonyl (C=O) groups excluding carboxylic acids is 1. The van der Waals surface area contributed by atoms with E-state index in [4.69, 9.17) is 13.9 Å². The smallest absolute Gasteiger partial charge is 0.417 e. The number of aromatic nitrogens is 2. The first kappa shape index (κ1) is 20.3. The second-order valence-electron chi connectivity index (χ2n) is 7.65. The van der Waals surface area contributed by atoms with Crippen LogP contribution < -0.4 is 9.47 Å². The molecule has 2 aliphatic rings. The first-order valence-corrected chi connectivity index (χ1v) is 10.1. The van der Waals surface area contributed by atoms with Gasteiger partial charge >= 0.3 is 6.18 Å². The lowest BCUT2D eigenvalue weighted by Crippen LogP contribution is -2.40. The van der Waals surface area contributed by atoms with E-state index >= 15 is 0 Å². The van der Waals surface area contributed by atoms with Crippen LogP contribution in [-0.2, 0) is 6.18 Å². The molecule has 0 saturated carbocycles. The highest BCUT2D eigenvalue weighted by Gasteiger charge is 2.37. The summed E-state index contributed by atoms with van der Waals surface area (Å²) in [4.78, 5) is 14.3. The molecule has 7 nitrogen and oxygen atoms in total. The van der Waals surface area contributed by atoms with Crippen molar-refractivity contribution < 1.29 is 31.9 Å². The van der Waals surface area contributed by atoms with Crippen molar-refractivity contribution in [1.82, 2.24) is 15.1 Å². The topological polar surface area (TPSA) is 77.7 Å². The maximum Gasteiger partial charge on any atom is 0.417 e. The Morgan fingerprint density at radius 2 is 1.88 bits per heavy atom. The van der Waals surface area contributed by atoms with Crippen LogP contribution in [0.3, 0.4) is 0 Å². The summed E-state index contributed by atoms with van der Waals surface area (Å²) in [6.07, 6.45) is -3.30. The van der Waals surface area contributed by atoms with E-state index in [2.05, 4.69) is 10.2 Å². The Balaban J connectivity index is 1.35. The third-order valence-corrected chi connectivity index (χ3v) is 5.58. The van der Waals surface area contributed by atoms with Crippen LogP contribution in [0.5, 0.6) is 11.5 Å². The van der Waals surface area contributed by atoms with Gasteiger partial charge in [-0.25, -0.2) is 0 Å². The number of carbonyl (C=O) groups is 1. The van der Waals surface area contributed by atoms with Crippen LogP contribution in [0.15, 0.2) is 46.9 Å². The van der Waals surface area contributed by atoms with E-state index in [0.29, 0.717) is 48.2 Å². The number of hydrogen-bond acceptors (Lipinski definition) is 6. The Bertz CT molecular complexity index is 1160. The molecule has 5 rings (SSSR count). The summed E-state index contributed by atoms with van der Waals surface area (Å²) in [5, 5.41) is 8.22. The molecule has 1 fully saturated rings. The van der Waals surface area contributed by atoms with Gasteiger partial charge in [-0.2, -0.15) is 13.2 Å². The fourth-order valence-corrected chi connectivity index (χ4v) is 4.00. The molecule has 1 unspecified atom stereocenters. The number of likely N-dealkylation sites (tertiary alicyclic amines) is 1. The highest BCUT2D eigenvalue weighted by Crippen LogP contribution is 2.37. The first-order valence-electron chi connectivity index (χ1n) is 10.1. The SMILES string of the molecule is O=C(c1ccccc1C(F)(F)F)N1CCCC(c2nnc(-c3ccc4c(c3)OCO4)o2)C1. The van der Waals surface area contributed by atoms with Gasteiger partial charge in [0.15, 0.2) is 11.5 Å². The van der Waals surface area contributed by atoms with Crippen LogP contribution in [0.4, 0.5) is 13.2 Å². The highest BCUT2D eigenvalue weighted by molar-refractivity contribution is 5.96. The molecule has 0 aliphatic carbocycles. The molecule has 2 aromatic carbocycles. The van der Waals surface area contributed by atoms with Gasteiger partial charge in [-0.3, -0.25) is 4.79 Å². The Hall–Kier alpha value is -3.56. The maximum atomic E-state index is 13.3.